The van der Waals surface area contributed by atoms with Crippen LogP contribution in [0.4, 0.5) is 5.69 Å². The Morgan fingerprint density at radius 1 is 1.21 bits per heavy atom. The molecule has 0 fully saturated rings. The molecule has 3 aromatic rings. The van der Waals surface area contributed by atoms with Gasteiger partial charge < -0.3 is 9.73 Å². The maximum atomic E-state index is 5.36. The molecule has 0 aliphatic carbocycles. The summed E-state index contributed by atoms with van der Waals surface area (Å²) in [5, 5.41) is 4.64. The molecule has 1 N–H and O–H groups in total. The van der Waals surface area contributed by atoms with Crippen molar-refractivity contribution in [3.05, 3.63) is 60.7 Å². The second-order valence-corrected chi connectivity index (χ2v) is 4.74. The third kappa shape index (κ3) is 2.76. The van der Waals surface area contributed by atoms with Crippen LogP contribution in [-0.4, -0.2) is 11.0 Å². The molecule has 3 heteroatoms. The largest absolute Gasteiger partial charge is 0.469 e. The van der Waals surface area contributed by atoms with Crippen molar-refractivity contribution in [1.29, 1.82) is 0 Å². The molecule has 0 bridgehead atoms. The summed E-state index contributed by atoms with van der Waals surface area (Å²) in [5.74, 6) is 1.00. The number of nitrogens with one attached hydrogen (secondary N) is 1. The third-order valence-electron chi connectivity index (χ3n) is 3.10. The van der Waals surface area contributed by atoms with E-state index in [2.05, 4.69) is 35.4 Å². The lowest BCUT2D eigenvalue weighted by Crippen LogP contribution is -2.17. The molecule has 0 saturated carbocycles. The molecule has 2 aromatic heterocycles. The molecule has 1 unspecified atom stereocenters. The van der Waals surface area contributed by atoms with Crippen LogP contribution in [0.2, 0.25) is 0 Å². The maximum absolute atomic E-state index is 5.36. The fourth-order valence-corrected chi connectivity index (χ4v) is 2.23. The van der Waals surface area contributed by atoms with Crippen molar-refractivity contribution < 1.29 is 4.42 Å². The summed E-state index contributed by atoms with van der Waals surface area (Å²) in [6, 6.07) is 14.5. The van der Waals surface area contributed by atoms with Crippen LogP contribution in [0.5, 0.6) is 0 Å². The molecule has 19 heavy (non-hydrogen) atoms. The van der Waals surface area contributed by atoms with Gasteiger partial charge in [-0.15, -0.1) is 0 Å². The molecule has 3 nitrogen and oxygen atoms in total. The first kappa shape index (κ1) is 11.8. The smallest absolute Gasteiger partial charge is 0.105 e. The van der Waals surface area contributed by atoms with Crippen LogP contribution in [0.1, 0.15) is 12.7 Å². The summed E-state index contributed by atoms with van der Waals surface area (Å²) in [6.45, 7) is 2.15. The van der Waals surface area contributed by atoms with Crippen LogP contribution in [0.25, 0.3) is 10.9 Å². The number of benzene rings is 1. The molecular formula is C16H16N2O. The standard InChI is InChI=1S/C16H16N2O/c1-12(10-15-5-3-9-19-15)18-14-6-7-16-13(11-14)4-2-8-17-16/h2-9,11-12,18H,10H2,1H3. The van der Waals surface area contributed by atoms with Gasteiger partial charge in [-0.2, -0.15) is 0 Å². The van der Waals surface area contributed by atoms with Crippen molar-refractivity contribution in [2.75, 3.05) is 5.32 Å². The first-order chi connectivity index (χ1) is 9.31. The van der Waals surface area contributed by atoms with Crippen LogP contribution in [-0.2, 0) is 6.42 Å². The Morgan fingerprint density at radius 2 is 2.16 bits per heavy atom. The number of rotatable bonds is 4. The van der Waals surface area contributed by atoms with E-state index < -0.39 is 0 Å². The Balaban J connectivity index is 1.73. The van der Waals surface area contributed by atoms with Crippen LogP contribution in [0.3, 0.4) is 0 Å². The number of fused-ring (bicyclic) bond motifs is 1. The molecule has 0 amide bonds. The Kier molecular flexibility index (Phi) is 3.19. The third-order valence-corrected chi connectivity index (χ3v) is 3.10. The summed E-state index contributed by atoms with van der Waals surface area (Å²) >= 11 is 0. The lowest BCUT2D eigenvalue weighted by molar-refractivity contribution is 0.498. The average Bonchev–Trinajstić information content (AvgIpc) is 2.91. The summed E-state index contributed by atoms with van der Waals surface area (Å²) in [6.07, 6.45) is 4.40. The van der Waals surface area contributed by atoms with E-state index in [1.807, 2.05) is 30.5 Å². The van der Waals surface area contributed by atoms with Gasteiger partial charge in [0.15, 0.2) is 0 Å². The number of aromatic nitrogens is 1. The highest BCUT2D eigenvalue weighted by atomic mass is 16.3. The van der Waals surface area contributed by atoms with Gasteiger partial charge in [0.25, 0.3) is 0 Å². The highest BCUT2D eigenvalue weighted by Crippen LogP contribution is 2.18. The normalized spacial score (nSPS) is 12.5. The molecular weight excluding hydrogens is 236 g/mol. The predicted octanol–water partition coefficient (Wildman–Crippen LogP) is 3.87. The van der Waals surface area contributed by atoms with E-state index in [0.29, 0.717) is 6.04 Å². The number of hydrogen-bond acceptors (Lipinski definition) is 3. The van der Waals surface area contributed by atoms with Crippen molar-refractivity contribution in [2.45, 2.75) is 19.4 Å². The molecule has 96 valence electrons. The predicted molar refractivity (Wildman–Crippen MR) is 77.2 cm³/mol. The SMILES string of the molecule is CC(Cc1ccco1)Nc1ccc2ncccc2c1. The van der Waals surface area contributed by atoms with Crippen LogP contribution >= 0.6 is 0 Å². The van der Waals surface area contributed by atoms with Crippen molar-refractivity contribution >= 4 is 16.6 Å². The fourth-order valence-electron chi connectivity index (χ4n) is 2.23. The van der Waals surface area contributed by atoms with E-state index in [9.17, 15) is 0 Å². The molecule has 0 radical (unpaired) electrons. The zero-order valence-corrected chi connectivity index (χ0v) is 10.8. The van der Waals surface area contributed by atoms with E-state index >= 15 is 0 Å². The van der Waals surface area contributed by atoms with Gasteiger partial charge in [0.1, 0.15) is 5.76 Å². The van der Waals surface area contributed by atoms with E-state index in [0.717, 1.165) is 28.8 Å². The van der Waals surface area contributed by atoms with Crippen LogP contribution in [0, 0.1) is 0 Å². The first-order valence-corrected chi connectivity index (χ1v) is 6.45. The van der Waals surface area contributed by atoms with Crippen LogP contribution < -0.4 is 5.32 Å². The zero-order chi connectivity index (χ0) is 13.1. The van der Waals surface area contributed by atoms with Crippen LogP contribution in [0.15, 0.2) is 59.3 Å². The Hall–Kier alpha value is -2.29. The summed E-state index contributed by atoms with van der Waals surface area (Å²) in [4.78, 5) is 4.32. The number of furan rings is 1. The molecule has 0 saturated heterocycles. The molecule has 1 aromatic carbocycles. The van der Waals surface area contributed by atoms with Gasteiger partial charge in [-0.05, 0) is 43.3 Å². The second kappa shape index (κ2) is 5.14. The highest BCUT2D eigenvalue weighted by molar-refractivity contribution is 5.82. The number of pyridine rings is 1. The van der Waals surface area contributed by atoms with Crippen molar-refractivity contribution in [3.63, 3.8) is 0 Å². The first-order valence-electron chi connectivity index (χ1n) is 6.45. The molecule has 1 atom stereocenters. The van der Waals surface area contributed by atoms with E-state index in [1.54, 1.807) is 6.26 Å². The minimum atomic E-state index is 0.320. The van der Waals surface area contributed by atoms with E-state index in [4.69, 9.17) is 4.42 Å². The van der Waals surface area contributed by atoms with Crippen molar-refractivity contribution in [3.8, 4) is 0 Å². The second-order valence-electron chi connectivity index (χ2n) is 4.74. The molecule has 3 rings (SSSR count). The zero-order valence-electron chi connectivity index (χ0n) is 10.8. The van der Waals surface area contributed by atoms with Crippen molar-refractivity contribution in [1.82, 2.24) is 4.98 Å². The van der Waals surface area contributed by atoms with Crippen molar-refractivity contribution in [2.24, 2.45) is 0 Å². The lowest BCUT2D eigenvalue weighted by Gasteiger charge is -2.14. The van der Waals surface area contributed by atoms with Gasteiger partial charge in [-0.3, -0.25) is 4.98 Å². The molecule has 0 spiro atoms. The van der Waals surface area contributed by atoms with E-state index in [1.165, 1.54) is 0 Å². The van der Waals surface area contributed by atoms with Gasteiger partial charge in [0.2, 0.25) is 0 Å². The van der Waals surface area contributed by atoms with Gasteiger partial charge in [-0.1, -0.05) is 6.07 Å². The molecule has 2 heterocycles. The number of nitrogens with zero attached hydrogens (tertiary/aromatic N) is 1. The quantitative estimate of drug-likeness (QED) is 0.766. The number of hydrogen-bond donors (Lipinski definition) is 1. The average molecular weight is 252 g/mol. The minimum absolute atomic E-state index is 0.320. The van der Waals surface area contributed by atoms with Gasteiger partial charge in [0, 0.05) is 29.7 Å². The summed E-state index contributed by atoms with van der Waals surface area (Å²) in [5.41, 5.74) is 2.13. The fraction of sp³-hybridized carbons (Fsp3) is 0.188. The Bertz CT molecular complexity index is 661. The lowest BCUT2D eigenvalue weighted by atomic mass is 10.1. The molecule has 0 aliphatic rings. The summed E-state index contributed by atoms with van der Waals surface area (Å²) in [7, 11) is 0. The van der Waals surface area contributed by atoms with Gasteiger partial charge in [0.05, 0.1) is 11.8 Å². The number of anilines is 1. The highest BCUT2D eigenvalue weighted by Gasteiger charge is 2.06. The summed E-state index contributed by atoms with van der Waals surface area (Å²) < 4.78 is 5.36. The minimum Gasteiger partial charge on any atom is -0.469 e. The maximum Gasteiger partial charge on any atom is 0.105 e. The topological polar surface area (TPSA) is 38.1 Å². The monoisotopic (exact) mass is 252 g/mol. The van der Waals surface area contributed by atoms with E-state index in [-0.39, 0.29) is 0 Å². The van der Waals surface area contributed by atoms with Gasteiger partial charge >= 0.3 is 0 Å². The Morgan fingerprint density at radius 3 is 3.00 bits per heavy atom. The van der Waals surface area contributed by atoms with Gasteiger partial charge in [-0.25, -0.2) is 0 Å². The molecule has 0 aliphatic heterocycles. The Labute approximate surface area is 112 Å².